The van der Waals surface area contributed by atoms with Gasteiger partial charge in [-0.15, -0.1) is 21.5 Å². The van der Waals surface area contributed by atoms with Crippen LogP contribution in [0, 0.1) is 0 Å². The van der Waals surface area contributed by atoms with Gasteiger partial charge in [-0.05, 0) is 44.2 Å². The van der Waals surface area contributed by atoms with Crippen molar-refractivity contribution in [3.63, 3.8) is 0 Å². The van der Waals surface area contributed by atoms with Gasteiger partial charge in [0.2, 0.25) is 11.1 Å². The molecule has 32 heavy (non-hydrogen) atoms. The number of thiophene rings is 1. The maximum Gasteiger partial charge on any atom is 0.341 e. The normalized spacial score (nSPS) is 13.3. The summed E-state index contributed by atoms with van der Waals surface area (Å²) in [6, 6.07) is 7.81. The maximum absolute atomic E-state index is 12.7. The second-order valence-electron chi connectivity index (χ2n) is 7.43. The molecule has 0 radical (unpaired) electrons. The van der Waals surface area contributed by atoms with Crippen molar-refractivity contribution in [2.75, 3.05) is 17.7 Å². The van der Waals surface area contributed by atoms with E-state index in [4.69, 9.17) is 4.74 Å². The number of benzene rings is 1. The lowest BCUT2D eigenvalue weighted by Gasteiger charge is -2.12. The van der Waals surface area contributed by atoms with Gasteiger partial charge in [0.15, 0.2) is 5.65 Å². The van der Waals surface area contributed by atoms with Gasteiger partial charge in [-0.3, -0.25) is 4.79 Å². The lowest BCUT2D eigenvalue weighted by Crippen LogP contribution is -2.17. The SMILES string of the molecule is CCOC(=O)c1c(NC(=O)CSc2nnc3c(n2)[nH]c2ccccc23)sc2c1CCCC2. The predicted octanol–water partition coefficient (Wildman–Crippen LogP) is 4.35. The first-order valence-electron chi connectivity index (χ1n) is 10.5. The molecule has 2 N–H and O–H groups in total. The topological polar surface area (TPSA) is 110 Å². The van der Waals surface area contributed by atoms with E-state index < -0.39 is 0 Å². The van der Waals surface area contributed by atoms with Gasteiger partial charge in [-0.2, -0.15) is 0 Å². The average Bonchev–Trinajstić information content (AvgIpc) is 3.35. The molecule has 0 atom stereocenters. The van der Waals surface area contributed by atoms with Crippen molar-refractivity contribution >= 4 is 62.0 Å². The highest BCUT2D eigenvalue weighted by atomic mass is 32.2. The van der Waals surface area contributed by atoms with E-state index in [0.29, 0.717) is 33.5 Å². The van der Waals surface area contributed by atoms with E-state index >= 15 is 0 Å². The Morgan fingerprint density at radius 1 is 1.22 bits per heavy atom. The zero-order valence-electron chi connectivity index (χ0n) is 17.4. The van der Waals surface area contributed by atoms with E-state index in [1.807, 2.05) is 24.3 Å². The highest BCUT2D eigenvalue weighted by Gasteiger charge is 2.27. The number of carbonyl (C=O) groups is 2. The van der Waals surface area contributed by atoms with Crippen LogP contribution < -0.4 is 5.32 Å². The number of rotatable bonds is 6. The first kappa shape index (κ1) is 20.9. The van der Waals surface area contributed by atoms with E-state index in [1.165, 1.54) is 28.0 Å². The fraction of sp³-hybridized carbons (Fsp3) is 0.318. The number of para-hydroxylation sites is 1. The summed E-state index contributed by atoms with van der Waals surface area (Å²) in [5.74, 6) is -0.482. The fourth-order valence-electron chi connectivity index (χ4n) is 3.93. The molecule has 0 unspecified atom stereocenters. The predicted molar refractivity (Wildman–Crippen MR) is 125 cm³/mol. The number of thioether (sulfide) groups is 1. The first-order valence-corrected chi connectivity index (χ1v) is 12.3. The number of anilines is 1. The largest absolute Gasteiger partial charge is 0.462 e. The maximum atomic E-state index is 12.7. The third-order valence-corrected chi connectivity index (χ3v) is 7.38. The number of amides is 1. The smallest absolute Gasteiger partial charge is 0.341 e. The molecule has 3 aromatic heterocycles. The second-order valence-corrected chi connectivity index (χ2v) is 9.48. The van der Waals surface area contributed by atoms with Crippen LogP contribution in [-0.2, 0) is 22.4 Å². The molecule has 10 heteroatoms. The molecule has 164 valence electrons. The summed E-state index contributed by atoms with van der Waals surface area (Å²) in [5, 5.41) is 13.3. The Morgan fingerprint density at radius 2 is 2.06 bits per heavy atom. The molecule has 0 bridgehead atoms. The number of carbonyl (C=O) groups excluding carboxylic acids is 2. The van der Waals surface area contributed by atoms with Gasteiger partial charge in [0.05, 0.1) is 17.9 Å². The molecule has 3 heterocycles. The highest BCUT2D eigenvalue weighted by Crippen LogP contribution is 2.38. The minimum absolute atomic E-state index is 0.109. The minimum Gasteiger partial charge on any atom is -0.462 e. The quantitative estimate of drug-likeness (QED) is 0.320. The van der Waals surface area contributed by atoms with E-state index in [0.717, 1.165) is 42.1 Å². The molecule has 4 aromatic rings. The number of aryl methyl sites for hydroxylation is 1. The van der Waals surface area contributed by atoms with Crippen molar-refractivity contribution in [2.24, 2.45) is 0 Å². The Labute approximate surface area is 192 Å². The number of nitrogens with zero attached hydrogens (tertiary/aromatic N) is 3. The lowest BCUT2D eigenvalue weighted by atomic mass is 9.95. The molecule has 1 amide bonds. The number of aromatic amines is 1. The van der Waals surface area contributed by atoms with E-state index in [9.17, 15) is 9.59 Å². The van der Waals surface area contributed by atoms with Crippen molar-refractivity contribution in [1.82, 2.24) is 20.2 Å². The number of hydrogen-bond donors (Lipinski definition) is 2. The average molecular weight is 468 g/mol. The zero-order valence-corrected chi connectivity index (χ0v) is 19.1. The summed E-state index contributed by atoms with van der Waals surface area (Å²) >= 11 is 2.68. The molecule has 1 aromatic carbocycles. The highest BCUT2D eigenvalue weighted by molar-refractivity contribution is 7.99. The van der Waals surface area contributed by atoms with Gasteiger partial charge < -0.3 is 15.0 Å². The minimum atomic E-state index is -0.369. The monoisotopic (exact) mass is 467 g/mol. The molecular formula is C22H21N5O3S2. The molecule has 5 rings (SSSR count). The van der Waals surface area contributed by atoms with Crippen LogP contribution in [0.3, 0.4) is 0 Å². The van der Waals surface area contributed by atoms with Crippen LogP contribution in [0.5, 0.6) is 0 Å². The standard InChI is InChI=1S/C22H21N5O3S2/c1-2-30-21(29)17-13-8-4-6-10-15(13)32-20(17)24-16(28)11-31-22-25-19-18(26-27-22)12-7-3-5-9-14(12)23-19/h3,5,7,9H,2,4,6,8,10-11H2,1H3,(H,24,28)(H,23,25,27). The second kappa shape index (κ2) is 8.87. The van der Waals surface area contributed by atoms with Crippen LogP contribution >= 0.6 is 23.1 Å². The molecule has 8 nitrogen and oxygen atoms in total. The van der Waals surface area contributed by atoms with Gasteiger partial charge in [-0.1, -0.05) is 30.0 Å². The van der Waals surface area contributed by atoms with Crippen LogP contribution in [0.4, 0.5) is 5.00 Å². The molecule has 1 aliphatic carbocycles. The number of fused-ring (bicyclic) bond motifs is 4. The fourth-order valence-corrected chi connectivity index (χ4v) is 5.81. The van der Waals surface area contributed by atoms with Gasteiger partial charge in [0.25, 0.3) is 0 Å². The van der Waals surface area contributed by atoms with Crippen molar-refractivity contribution in [3.05, 3.63) is 40.3 Å². The molecule has 0 aliphatic heterocycles. The zero-order chi connectivity index (χ0) is 22.1. The van der Waals surface area contributed by atoms with Crippen molar-refractivity contribution < 1.29 is 14.3 Å². The number of esters is 1. The third-order valence-electron chi connectivity index (χ3n) is 5.34. The lowest BCUT2D eigenvalue weighted by molar-refractivity contribution is -0.113. The van der Waals surface area contributed by atoms with Crippen molar-refractivity contribution in [3.8, 4) is 0 Å². The number of aromatic nitrogens is 4. The van der Waals surface area contributed by atoms with Gasteiger partial charge >= 0.3 is 5.97 Å². The van der Waals surface area contributed by atoms with Gasteiger partial charge in [0, 0.05) is 15.8 Å². The van der Waals surface area contributed by atoms with E-state index in [1.54, 1.807) is 6.92 Å². The number of hydrogen-bond acceptors (Lipinski definition) is 8. The molecule has 0 saturated carbocycles. The Bertz CT molecular complexity index is 1330. The molecular weight excluding hydrogens is 446 g/mol. The van der Waals surface area contributed by atoms with Crippen LogP contribution in [0.1, 0.15) is 40.6 Å². The summed E-state index contributed by atoms with van der Waals surface area (Å²) in [6.45, 7) is 2.08. The number of H-pyrrole nitrogens is 1. The number of ether oxygens (including phenoxy) is 1. The Morgan fingerprint density at radius 3 is 2.94 bits per heavy atom. The Hall–Kier alpha value is -2.98. The van der Waals surface area contributed by atoms with Gasteiger partial charge in [-0.25, -0.2) is 9.78 Å². The Kier molecular flexibility index (Phi) is 5.79. The molecule has 0 saturated heterocycles. The summed E-state index contributed by atoms with van der Waals surface area (Å²) < 4.78 is 5.25. The van der Waals surface area contributed by atoms with Crippen LogP contribution in [0.25, 0.3) is 22.1 Å². The molecule has 1 aliphatic rings. The first-order chi connectivity index (χ1) is 15.6. The van der Waals surface area contributed by atoms with E-state index in [2.05, 4.69) is 25.5 Å². The van der Waals surface area contributed by atoms with Crippen LogP contribution in [-0.4, -0.2) is 44.4 Å². The van der Waals surface area contributed by atoms with Crippen LogP contribution in [0.2, 0.25) is 0 Å². The van der Waals surface area contributed by atoms with E-state index in [-0.39, 0.29) is 17.6 Å². The third kappa shape index (κ3) is 3.95. The summed E-state index contributed by atoms with van der Waals surface area (Å²) in [7, 11) is 0. The van der Waals surface area contributed by atoms with Gasteiger partial charge in [0.1, 0.15) is 10.5 Å². The molecule has 0 fully saturated rings. The summed E-state index contributed by atoms with van der Waals surface area (Å²) in [4.78, 5) is 34.1. The van der Waals surface area contributed by atoms with Crippen molar-refractivity contribution in [1.29, 1.82) is 0 Å². The van der Waals surface area contributed by atoms with Crippen molar-refractivity contribution in [2.45, 2.75) is 37.8 Å². The van der Waals surface area contributed by atoms with Crippen LogP contribution in [0.15, 0.2) is 29.4 Å². The summed E-state index contributed by atoms with van der Waals surface area (Å²) in [6.07, 6.45) is 3.91. The number of nitrogens with one attached hydrogen (secondary N) is 2. The summed E-state index contributed by atoms with van der Waals surface area (Å²) in [5.41, 5.74) is 3.83. The Balaban J connectivity index is 1.31. The molecule has 0 spiro atoms.